The van der Waals surface area contributed by atoms with E-state index in [0.717, 1.165) is 10.4 Å². The predicted molar refractivity (Wildman–Crippen MR) is 95.9 cm³/mol. The SMILES string of the molecule is COC(=O)C(C)CN(CCc1ccc(F)cc1)C(=O)Cc1cccs1. The van der Waals surface area contributed by atoms with E-state index in [-0.39, 0.29) is 17.7 Å². The van der Waals surface area contributed by atoms with Gasteiger partial charge in [0, 0.05) is 18.0 Å². The molecule has 1 aromatic heterocycles. The minimum absolute atomic E-state index is 0.0275. The van der Waals surface area contributed by atoms with Gasteiger partial charge in [0.25, 0.3) is 0 Å². The lowest BCUT2D eigenvalue weighted by Crippen LogP contribution is -2.39. The van der Waals surface area contributed by atoms with Gasteiger partial charge in [-0.25, -0.2) is 4.39 Å². The number of carbonyl (C=O) groups excluding carboxylic acids is 2. The number of esters is 1. The van der Waals surface area contributed by atoms with Gasteiger partial charge in [-0.1, -0.05) is 25.1 Å². The lowest BCUT2D eigenvalue weighted by molar-refractivity contribution is -0.146. The summed E-state index contributed by atoms with van der Waals surface area (Å²) in [5.41, 5.74) is 0.945. The Labute approximate surface area is 151 Å². The van der Waals surface area contributed by atoms with Crippen molar-refractivity contribution in [3.8, 4) is 0 Å². The standard InChI is InChI=1S/C19H22FNO3S/c1-14(19(23)24-2)13-21(18(22)12-17-4-3-11-25-17)10-9-15-5-7-16(20)8-6-15/h3-8,11,14H,9-10,12-13H2,1-2H3. The number of halogens is 1. The van der Waals surface area contributed by atoms with E-state index in [2.05, 4.69) is 0 Å². The zero-order valence-electron chi connectivity index (χ0n) is 14.4. The first-order chi connectivity index (χ1) is 12.0. The summed E-state index contributed by atoms with van der Waals surface area (Å²) >= 11 is 1.53. The molecule has 1 aromatic carbocycles. The van der Waals surface area contributed by atoms with Gasteiger partial charge in [0.15, 0.2) is 0 Å². The van der Waals surface area contributed by atoms with Crippen LogP contribution in [0, 0.1) is 11.7 Å². The van der Waals surface area contributed by atoms with E-state index in [4.69, 9.17) is 4.74 Å². The maximum absolute atomic E-state index is 13.0. The number of ether oxygens (including phenoxy) is 1. The highest BCUT2D eigenvalue weighted by atomic mass is 32.1. The van der Waals surface area contributed by atoms with Gasteiger partial charge < -0.3 is 9.64 Å². The van der Waals surface area contributed by atoms with Crippen LogP contribution in [0.4, 0.5) is 4.39 Å². The average Bonchev–Trinajstić information content (AvgIpc) is 3.11. The Morgan fingerprint density at radius 1 is 1.24 bits per heavy atom. The van der Waals surface area contributed by atoms with Crippen LogP contribution in [0.3, 0.4) is 0 Å². The molecule has 0 bridgehead atoms. The predicted octanol–water partition coefficient (Wildman–Crippen LogP) is 3.31. The number of hydrogen-bond donors (Lipinski definition) is 0. The van der Waals surface area contributed by atoms with Crippen molar-refractivity contribution < 1.29 is 18.7 Å². The maximum Gasteiger partial charge on any atom is 0.310 e. The first-order valence-corrected chi connectivity index (χ1v) is 9.00. The van der Waals surface area contributed by atoms with Gasteiger partial charge in [-0.3, -0.25) is 9.59 Å². The molecular formula is C19H22FNO3S. The van der Waals surface area contributed by atoms with E-state index in [0.29, 0.717) is 25.9 Å². The fourth-order valence-corrected chi connectivity index (χ4v) is 3.21. The number of thiophene rings is 1. The number of amides is 1. The second-order valence-electron chi connectivity index (χ2n) is 5.90. The maximum atomic E-state index is 13.0. The van der Waals surface area contributed by atoms with Crippen LogP contribution in [-0.2, 0) is 27.2 Å². The molecule has 0 saturated carbocycles. The van der Waals surface area contributed by atoms with Crippen molar-refractivity contribution >= 4 is 23.2 Å². The van der Waals surface area contributed by atoms with Crippen LogP contribution in [0.2, 0.25) is 0 Å². The Kier molecular flexibility index (Phi) is 7.13. The van der Waals surface area contributed by atoms with E-state index in [1.807, 2.05) is 17.5 Å². The Bertz CT molecular complexity index is 685. The molecule has 25 heavy (non-hydrogen) atoms. The van der Waals surface area contributed by atoms with Gasteiger partial charge >= 0.3 is 5.97 Å². The Morgan fingerprint density at radius 3 is 2.56 bits per heavy atom. The molecule has 2 rings (SSSR count). The van der Waals surface area contributed by atoms with E-state index >= 15 is 0 Å². The number of hydrogen-bond acceptors (Lipinski definition) is 4. The summed E-state index contributed by atoms with van der Waals surface area (Å²) in [4.78, 5) is 27.0. The summed E-state index contributed by atoms with van der Waals surface area (Å²) in [6.07, 6.45) is 0.916. The number of nitrogens with zero attached hydrogens (tertiary/aromatic N) is 1. The first-order valence-electron chi connectivity index (χ1n) is 8.12. The molecule has 1 atom stereocenters. The van der Waals surface area contributed by atoms with Crippen molar-refractivity contribution in [2.45, 2.75) is 19.8 Å². The van der Waals surface area contributed by atoms with E-state index in [1.165, 1.54) is 30.6 Å². The van der Waals surface area contributed by atoms with Crippen LogP contribution >= 0.6 is 11.3 Å². The fourth-order valence-electron chi connectivity index (χ4n) is 2.51. The average molecular weight is 363 g/mol. The second-order valence-corrected chi connectivity index (χ2v) is 6.93. The van der Waals surface area contributed by atoms with E-state index in [9.17, 15) is 14.0 Å². The van der Waals surface area contributed by atoms with Crippen LogP contribution in [0.25, 0.3) is 0 Å². The lowest BCUT2D eigenvalue weighted by Gasteiger charge is -2.25. The lowest BCUT2D eigenvalue weighted by atomic mass is 10.1. The quantitative estimate of drug-likeness (QED) is 0.676. The largest absolute Gasteiger partial charge is 0.469 e. The summed E-state index contributed by atoms with van der Waals surface area (Å²) in [7, 11) is 1.34. The molecule has 6 heteroatoms. The van der Waals surface area contributed by atoms with Crippen molar-refractivity contribution in [2.75, 3.05) is 20.2 Å². The minimum Gasteiger partial charge on any atom is -0.469 e. The molecule has 4 nitrogen and oxygen atoms in total. The van der Waals surface area contributed by atoms with Gasteiger partial charge in [0.1, 0.15) is 5.82 Å². The number of benzene rings is 1. The molecular weight excluding hydrogens is 341 g/mol. The monoisotopic (exact) mass is 363 g/mol. The summed E-state index contributed by atoms with van der Waals surface area (Å²) in [5.74, 6) is -1.05. The molecule has 0 aliphatic carbocycles. The number of carbonyl (C=O) groups is 2. The highest BCUT2D eigenvalue weighted by molar-refractivity contribution is 7.10. The molecule has 0 radical (unpaired) electrons. The van der Waals surface area contributed by atoms with Crippen LogP contribution in [0.1, 0.15) is 17.4 Å². The zero-order valence-corrected chi connectivity index (χ0v) is 15.2. The van der Waals surface area contributed by atoms with Crippen molar-refractivity contribution in [3.63, 3.8) is 0 Å². The number of rotatable bonds is 8. The molecule has 1 unspecified atom stereocenters. The van der Waals surface area contributed by atoms with Crippen LogP contribution in [0.5, 0.6) is 0 Å². The second kappa shape index (κ2) is 9.32. The topological polar surface area (TPSA) is 46.6 Å². The summed E-state index contributed by atoms with van der Waals surface area (Å²) in [6, 6.07) is 10.1. The van der Waals surface area contributed by atoms with Crippen LogP contribution < -0.4 is 0 Å². The molecule has 0 saturated heterocycles. The van der Waals surface area contributed by atoms with E-state index in [1.54, 1.807) is 24.0 Å². The number of methoxy groups -OCH3 is 1. The van der Waals surface area contributed by atoms with Gasteiger partial charge in [-0.05, 0) is 35.6 Å². The first kappa shape index (κ1) is 19.1. The van der Waals surface area contributed by atoms with Crippen molar-refractivity contribution in [1.29, 1.82) is 0 Å². The summed E-state index contributed by atoms with van der Waals surface area (Å²) in [5, 5.41) is 1.93. The molecule has 0 aliphatic heterocycles. The fraction of sp³-hybridized carbons (Fsp3) is 0.368. The third kappa shape index (κ3) is 5.98. The zero-order chi connectivity index (χ0) is 18.2. The molecule has 0 aliphatic rings. The van der Waals surface area contributed by atoms with Gasteiger partial charge in [0.05, 0.1) is 19.4 Å². The van der Waals surface area contributed by atoms with E-state index < -0.39 is 5.92 Å². The van der Waals surface area contributed by atoms with Crippen molar-refractivity contribution in [1.82, 2.24) is 4.90 Å². The summed E-state index contributed by atoms with van der Waals surface area (Å²) in [6.45, 7) is 2.52. The van der Waals surface area contributed by atoms with Gasteiger partial charge in [0.2, 0.25) is 5.91 Å². The van der Waals surface area contributed by atoms with Gasteiger partial charge in [-0.15, -0.1) is 11.3 Å². The van der Waals surface area contributed by atoms with Crippen molar-refractivity contribution in [2.24, 2.45) is 5.92 Å². The smallest absolute Gasteiger partial charge is 0.310 e. The Hall–Kier alpha value is -2.21. The third-order valence-electron chi connectivity index (χ3n) is 3.94. The highest BCUT2D eigenvalue weighted by Crippen LogP contribution is 2.13. The van der Waals surface area contributed by atoms with Crippen molar-refractivity contribution in [3.05, 3.63) is 58.0 Å². The van der Waals surface area contributed by atoms with Gasteiger partial charge in [-0.2, -0.15) is 0 Å². The molecule has 134 valence electrons. The van der Waals surface area contributed by atoms with Crippen LogP contribution in [-0.4, -0.2) is 37.0 Å². The molecule has 1 amide bonds. The minimum atomic E-state index is -0.398. The molecule has 0 fully saturated rings. The third-order valence-corrected chi connectivity index (χ3v) is 4.82. The molecule has 1 heterocycles. The Morgan fingerprint density at radius 2 is 1.96 bits per heavy atom. The molecule has 2 aromatic rings. The molecule has 0 N–H and O–H groups in total. The Balaban J connectivity index is 2.03. The normalized spacial score (nSPS) is 11.8. The molecule has 0 spiro atoms. The highest BCUT2D eigenvalue weighted by Gasteiger charge is 2.21. The summed E-state index contributed by atoms with van der Waals surface area (Å²) < 4.78 is 17.8. The van der Waals surface area contributed by atoms with Crippen LogP contribution in [0.15, 0.2) is 41.8 Å².